The number of hydrogen-bond donors (Lipinski definition) is 1. The van der Waals surface area contributed by atoms with Gasteiger partial charge in [0, 0.05) is 50.9 Å². The lowest BCUT2D eigenvalue weighted by atomic mass is 10.1. The molecule has 3 heterocycles. The van der Waals surface area contributed by atoms with E-state index in [0.717, 1.165) is 38.2 Å². The number of rotatable bonds is 6. The molecule has 2 aromatic heterocycles. The molecule has 1 aliphatic rings. The fourth-order valence-corrected chi connectivity index (χ4v) is 4.64. The van der Waals surface area contributed by atoms with Gasteiger partial charge in [-0.25, -0.2) is 0 Å². The smallest absolute Gasteiger partial charge is 0.197 e. The number of fused-ring (bicyclic) bond motifs is 1. The summed E-state index contributed by atoms with van der Waals surface area (Å²) in [6.07, 6.45) is 2.35. The number of aliphatic hydroxyl groups excluding tert-OH is 1. The lowest BCUT2D eigenvalue weighted by Gasteiger charge is -2.41. The average molecular weight is 399 g/mol. The summed E-state index contributed by atoms with van der Waals surface area (Å²) in [5.74, 6) is 0. The van der Waals surface area contributed by atoms with E-state index in [0.29, 0.717) is 23.1 Å². The first-order valence-corrected chi connectivity index (χ1v) is 10.7. The monoisotopic (exact) mass is 398 g/mol. The largest absolute Gasteiger partial charge is 0.464 e. The molecule has 1 atom stereocenters. The Morgan fingerprint density at radius 1 is 1.25 bits per heavy atom. The van der Waals surface area contributed by atoms with Gasteiger partial charge in [0.2, 0.25) is 0 Å². The molecule has 1 fully saturated rings. The van der Waals surface area contributed by atoms with Crippen molar-refractivity contribution < 1.29 is 9.52 Å². The number of benzene rings is 1. The van der Waals surface area contributed by atoms with Crippen LogP contribution in [-0.2, 0) is 13.1 Å². The third-order valence-electron chi connectivity index (χ3n) is 5.51. The van der Waals surface area contributed by atoms with E-state index in [9.17, 15) is 9.90 Å². The molecule has 1 aromatic carbocycles. The van der Waals surface area contributed by atoms with Gasteiger partial charge in [-0.05, 0) is 47.9 Å². The fraction of sp³-hybridized carbons (Fsp3) is 0.409. The first-order valence-electron chi connectivity index (χ1n) is 9.73. The van der Waals surface area contributed by atoms with E-state index in [1.807, 2.05) is 25.1 Å². The predicted molar refractivity (Wildman–Crippen MR) is 113 cm³/mol. The van der Waals surface area contributed by atoms with E-state index in [1.54, 1.807) is 17.6 Å². The Hall–Kier alpha value is -1.99. The maximum atomic E-state index is 12.9. The van der Waals surface area contributed by atoms with Crippen LogP contribution in [0.25, 0.3) is 11.0 Å². The van der Waals surface area contributed by atoms with Crippen molar-refractivity contribution in [1.29, 1.82) is 0 Å². The number of nitrogens with zero attached hydrogens (tertiary/aromatic N) is 2. The molecule has 0 spiro atoms. The lowest BCUT2D eigenvalue weighted by molar-refractivity contribution is 0.0497. The molecule has 6 heteroatoms. The molecular weight excluding hydrogens is 372 g/mol. The van der Waals surface area contributed by atoms with Crippen LogP contribution in [0.3, 0.4) is 0 Å². The summed E-state index contributed by atoms with van der Waals surface area (Å²) in [5, 5.41) is 14.5. The zero-order valence-electron chi connectivity index (χ0n) is 16.1. The highest BCUT2D eigenvalue weighted by Gasteiger charge is 2.27. The normalized spacial score (nSPS) is 18.7. The van der Waals surface area contributed by atoms with Crippen LogP contribution in [0.4, 0.5) is 0 Å². The van der Waals surface area contributed by atoms with Crippen molar-refractivity contribution in [3.63, 3.8) is 0 Å². The topological polar surface area (TPSA) is 56.9 Å². The quantitative estimate of drug-likeness (QED) is 0.691. The molecule has 0 bridgehead atoms. The highest BCUT2D eigenvalue weighted by atomic mass is 32.1. The molecule has 1 saturated heterocycles. The predicted octanol–water partition coefficient (Wildman–Crippen LogP) is 3.23. The van der Waals surface area contributed by atoms with E-state index in [1.165, 1.54) is 5.56 Å². The molecule has 0 amide bonds. The Labute approximate surface area is 168 Å². The van der Waals surface area contributed by atoms with Crippen LogP contribution >= 0.6 is 11.3 Å². The highest BCUT2D eigenvalue weighted by Crippen LogP contribution is 2.20. The van der Waals surface area contributed by atoms with Crippen LogP contribution in [-0.4, -0.2) is 47.2 Å². The minimum Gasteiger partial charge on any atom is -0.464 e. The van der Waals surface area contributed by atoms with E-state index < -0.39 is 0 Å². The summed E-state index contributed by atoms with van der Waals surface area (Å²) >= 11 is 1.72. The third kappa shape index (κ3) is 4.20. The Morgan fingerprint density at radius 3 is 2.93 bits per heavy atom. The van der Waals surface area contributed by atoms with Crippen molar-refractivity contribution in [2.45, 2.75) is 32.5 Å². The summed E-state index contributed by atoms with van der Waals surface area (Å²) in [6.45, 7) is 6.33. The second kappa shape index (κ2) is 8.57. The van der Waals surface area contributed by atoms with Gasteiger partial charge >= 0.3 is 0 Å². The molecule has 0 saturated carbocycles. The number of aliphatic hydroxyl groups is 1. The standard InChI is InChI=1S/C22H26N2O3S/c1-16-2-3-21-20(10-16)22(26)18(14-27-21)12-23-6-7-24(19(13-23)4-8-25)11-17-5-9-28-15-17/h2-3,5,9-10,14-15,19,25H,4,6-8,11-13H2,1H3/t19-/m1/s1. The van der Waals surface area contributed by atoms with Gasteiger partial charge in [0.05, 0.1) is 11.6 Å². The summed E-state index contributed by atoms with van der Waals surface area (Å²) in [5.41, 5.74) is 3.78. The zero-order chi connectivity index (χ0) is 19.5. The Balaban J connectivity index is 1.49. The van der Waals surface area contributed by atoms with E-state index in [2.05, 4.69) is 26.6 Å². The molecule has 0 radical (unpaired) electrons. The van der Waals surface area contributed by atoms with Gasteiger partial charge in [-0.15, -0.1) is 0 Å². The van der Waals surface area contributed by atoms with Gasteiger partial charge in [-0.2, -0.15) is 11.3 Å². The summed E-state index contributed by atoms with van der Waals surface area (Å²) < 4.78 is 5.71. The average Bonchev–Trinajstić information content (AvgIpc) is 3.20. The first-order chi connectivity index (χ1) is 13.6. The molecule has 5 nitrogen and oxygen atoms in total. The van der Waals surface area contributed by atoms with Gasteiger partial charge < -0.3 is 9.52 Å². The number of hydrogen-bond acceptors (Lipinski definition) is 6. The van der Waals surface area contributed by atoms with Gasteiger partial charge in [0.1, 0.15) is 5.58 Å². The molecule has 1 aliphatic heterocycles. The first kappa shape index (κ1) is 19.3. The molecule has 0 aliphatic carbocycles. The summed E-state index contributed by atoms with van der Waals surface area (Å²) in [4.78, 5) is 17.7. The molecule has 0 unspecified atom stereocenters. The number of aryl methyl sites for hydroxylation is 1. The van der Waals surface area contributed by atoms with E-state index >= 15 is 0 Å². The number of thiophene rings is 1. The maximum Gasteiger partial charge on any atom is 0.197 e. The minimum atomic E-state index is 0.0596. The fourth-order valence-electron chi connectivity index (χ4n) is 3.98. The molecule has 28 heavy (non-hydrogen) atoms. The van der Waals surface area contributed by atoms with E-state index in [4.69, 9.17) is 4.42 Å². The second-order valence-corrected chi connectivity index (χ2v) is 8.37. The summed E-state index contributed by atoms with van der Waals surface area (Å²) in [6, 6.07) is 8.16. The van der Waals surface area contributed by atoms with Crippen LogP contribution in [0.15, 0.2) is 50.5 Å². The maximum absolute atomic E-state index is 12.9. The van der Waals surface area contributed by atoms with Gasteiger partial charge in [0.25, 0.3) is 0 Å². The third-order valence-corrected chi connectivity index (χ3v) is 6.24. The van der Waals surface area contributed by atoms with Crippen LogP contribution in [0.1, 0.15) is 23.1 Å². The van der Waals surface area contributed by atoms with Crippen LogP contribution in [0, 0.1) is 6.92 Å². The Bertz CT molecular complexity index is 983. The van der Waals surface area contributed by atoms with Crippen molar-refractivity contribution in [2.24, 2.45) is 0 Å². The summed E-state index contributed by atoms with van der Waals surface area (Å²) in [7, 11) is 0. The zero-order valence-corrected chi connectivity index (χ0v) is 17.0. The van der Waals surface area contributed by atoms with Crippen LogP contribution < -0.4 is 5.43 Å². The van der Waals surface area contributed by atoms with Crippen molar-refractivity contribution in [2.75, 3.05) is 26.2 Å². The molecule has 4 rings (SSSR count). The van der Waals surface area contributed by atoms with Crippen molar-refractivity contribution in [1.82, 2.24) is 9.80 Å². The molecular formula is C22H26N2O3S. The van der Waals surface area contributed by atoms with Crippen LogP contribution in [0.2, 0.25) is 0 Å². The van der Waals surface area contributed by atoms with Gasteiger partial charge in [-0.1, -0.05) is 11.6 Å². The van der Waals surface area contributed by atoms with Crippen LogP contribution in [0.5, 0.6) is 0 Å². The SMILES string of the molecule is Cc1ccc2occ(CN3CCN(Cc4ccsc4)[C@H](CCO)C3)c(=O)c2c1. The van der Waals surface area contributed by atoms with Gasteiger partial charge in [-0.3, -0.25) is 14.6 Å². The van der Waals surface area contributed by atoms with Crippen molar-refractivity contribution >= 4 is 22.3 Å². The highest BCUT2D eigenvalue weighted by molar-refractivity contribution is 7.07. The molecule has 1 N–H and O–H groups in total. The van der Waals surface area contributed by atoms with Gasteiger partial charge in [0.15, 0.2) is 5.43 Å². The Morgan fingerprint density at radius 2 is 2.14 bits per heavy atom. The lowest BCUT2D eigenvalue weighted by Crippen LogP contribution is -2.52. The molecule has 148 valence electrons. The van der Waals surface area contributed by atoms with Crippen molar-refractivity contribution in [3.8, 4) is 0 Å². The number of piperazine rings is 1. The van der Waals surface area contributed by atoms with E-state index in [-0.39, 0.29) is 18.1 Å². The minimum absolute atomic E-state index is 0.0596. The Kier molecular flexibility index (Phi) is 5.92. The molecule has 3 aromatic rings. The second-order valence-electron chi connectivity index (χ2n) is 7.59. The van der Waals surface area contributed by atoms with Crippen molar-refractivity contribution in [3.05, 3.63) is 68.2 Å².